The van der Waals surface area contributed by atoms with Crippen molar-refractivity contribution in [1.82, 2.24) is 35.0 Å². The lowest BCUT2D eigenvalue weighted by Crippen LogP contribution is -2.58. The van der Waals surface area contributed by atoms with E-state index in [1.54, 1.807) is 4.90 Å². The number of aromatic amines is 1. The maximum Gasteiger partial charge on any atom is 0.255 e. The van der Waals surface area contributed by atoms with Crippen molar-refractivity contribution in [3.05, 3.63) is 76.7 Å². The number of alkyl halides is 2. The fraction of sp³-hybridized carbons (Fsp3) is 0.488. The van der Waals surface area contributed by atoms with Crippen molar-refractivity contribution in [3.63, 3.8) is 0 Å². The molecule has 2 unspecified atom stereocenters. The fourth-order valence-corrected chi connectivity index (χ4v) is 9.92. The summed E-state index contributed by atoms with van der Waals surface area (Å²) in [5.41, 5.74) is 6.42. The number of benzene rings is 2. The molecule has 3 saturated heterocycles. The predicted molar refractivity (Wildman–Crippen MR) is 204 cm³/mol. The maximum atomic E-state index is 13.8. The third kappa shape index (κ3) is 6.06. The number of fused-ring (bicyclic) bond motifs is 7. The second-order valence-corrected chi connectivity index (χ2v) is 16.3. The molecule has 0 bridgehead atoms. The van der Waals surface area contributed by atoms with Crippen molar-refractivity contribution in [1.29, 1.82) is 0 Å². The molecule has 13 nitrogen and oxygen atoms in total. The van der Waals surface area contributed by atoms with Crippen LogP contribution in [0, 0.1) is 5.92 Å². The number of hydrogen-bond acceptors (Lipinski definition) is 10. The normalized spacial score (nSPS) is 25.5. The Balaban J connectivity index is 0.745. The van der Waals surface area contributed by atoms with E-state index in [-0.39, 0.29) is 42.9 Å². The number of aromatic nitrogens is 3. The minimum Gasteiger partial charge on any atom is -0.489 e. The van der Waals surface area contributed by atoms with E-state index in [4.69, 9.17) is 14.7 Å². The molecule has 0 spiro atoms. The van der Waals surface area contributed by atoms with Gasteiger partial charge in [0, 0.05) is 91.8 Å². The zero-order valence-electron chi connectivity index (χ0n) is 31.3. The first-order valence-electron chi connectivity index (χ1n) is 19.8. The van der Waals surface area contributed by atoms with Crippen LogP contribution >= 0.6 is 0 Å². The molecule has 292 valence electrons. The summed E-state index contributed by atoms with van der Waals surface area (Å²) in [6.45, 7) is 8.01. The van der Waals surface area contributed by atoms with Crippen molar-refractivity contribution >= 4 is 40.3 Å². The standard InChI is InChI=1S/C41H45F2N9O4/c1-23-12-30-28-4-2-3-5-31(28)46-37(30)38(51(23)21-35(42)43)26-15-44-41(45-16-26)49-17-24(18-49)8-9-48-10-11-50-27(20-48)22-56-34-14-29-25(13-33(34)50)19-52(40(29)55)32-6-7-36(53)47-39(32)54/h2-5,13-16,23-24,27,32,35,38,46H,6-12,17-22H2,1H3,(H,47,53,54)/t23-,27+,32?,38?/m1/s1. The van der Waals surface area contributed by atoms with Gasteiger partial charge in [-0.3, -0.25) is 29.5 Å². The number of anilines is 2. The van der Waals surface area contributed by atoms with E-state index >= 15 is 0 Å². The van der Waals surface area contributed by atoms with E-state index in [0.29, 0.717) is 49.2 Å². The Hall–Kier alpha value is -5.15. The monoisotopic (exact) mass is 765 g/mol. The first-order valence-corrected chi connectivity index (χ1v) is 19.8. The van der Waals surface area contributed by atoms with Crippen molar-refractivity contribution in [2.45, 2.75) is 69.7 Å². The number of nitrogens with zero attached hydrogens (tertiary/aromatic N) is 7. The zero-order valence-corrected chi connectivity index (χ0v) is 31.3. The largest absolute Gasteiger partial charge is 0.489 e. The number of H-pyrrole nitrogens is 1. The molecule has 4 atom stereocenters. The van der Waals surface area contributed by atoms with Crippen LogP contribution < -0.4 is 19.9 Å². The lowest BCUT2D eigenvalue weighted by atomic mass is 9.89. The molecule has 3 amide bonds. The van der Waals surface area contributed by atoms with E-state index in [0.717, 1.165) is 79.1 Å². The summed E-state index contributed by atoms with van der Waals surface area (Å²) in [6.07, 6.45) is 3.52. The number of carbonyl (C=O) groups is 3. The third-order valence-corrected chi connectivity index (χ3v) is 12.8. The summed E-state index contributed by atoms with van der Waals surface area (Å²) >= 11 is 0. The third-order valence-electron chi connectivity index (χ3n) is 12.8. The molecule has 4 aromatic rings. The molecule has 0 aliphatic carbocycles. The highest BCUT2D eigenvalue weighted by Gasteiger charge is 2.42. The number of para-hydroxylation sites is 1. The van der Waals surface area contributed by atoms with Gasteiger partial charge in [-0.25, -0.2) is 18.7 Å². The number of nitrogens with one attached hydrogen (secondary N) is 2. The van der Waals surface area contributed by atoms with Gasteiger partial charge in [0.25, 0.3) is 12.3 Å². The van der Waals surface area contributed by atoms with Gasteiger partial charge in [-0.2, -0.15) is 0 Å². The quantitative estimate of drug-likeness (QED) is 0.256. The molecule has 2 aromatic heterocycles. The van der Waals surface area contributed by atoms with Gasteiger partial charge in [-0.1, -0.05) is 18.2 Å². The molecule has 0 saturated carbocycles. The summed E-state index contributed by atoms with van der Waals surface area (Å²) < 4.78 is 33.9. The van der Waals surface area contributed by atoms with Crippen molar-refractivity contribution in [2.24, 2.45) is 5.92 Å². The second kappa shape index (κ2) is 13.8. The van der Waals surface area contributed by atoms with E-state index < -0.39 is 18.4 Å². The number of rotatable bonds is 8. The lowest BCUT2D eigenvalue weighted by molar-refractivity contribution is -0.136. The van der Waals surface area contributed by atoms with Gasteiger partial charge in [0.1, 0.15) is 18.4 Å². The van der Waals surface area contributed by atoms with Crippen LogP contribution in [0.1, 0.15) is 65.0 Å². The van der Waals surface area contributed by atoms with Crippen molar-refractivity contribution < 1.29 is 27.9 Å². The van der Waals surface area contributed by atoms with E-state index in [1.165, 1.54) is 5.56 Å². The number of piperazine rings is 1. The molecule has 8 heterocycles. The van der Waals surface area contributed by atoms with Crippen molar-refractivity contribution in [3.8, 4) is 5.75 Å². The van der Waals surface area contributed by atoms with Crippen LogP contribution in [-0.4, -0.2) is 124 Å². The van der Waals surface area contributed by atoms with Gasteiger partial charge < -0.3 is 24.4 Å². The van der Waals surface area contributed by atoms with Gasteiger partial charge >= 0.3 is 0 Å². The average molecular weight is 766 g/mol. The first-order chi connectivity index (χ1) is 27.2. The second-order valence-electron chi connectivity index (χ2n) is 16.3. The molecule has 2 N–H and O–H groups in total. The van der Waals surface area contributed by atoms with Crippen LogP contribution in [0.3, 0.4) is 0 Å². The van der Waals surface area contributed by atoms with Gasteiger partial charge in [0.05, 0.1) is 24.3 Å². The SMILES string of the molecule is C[C@@H]1Cc2c([nH]c3ccccc23)C(c2cnc(N3CC(CCN4CCN5c6cc7c(cc6OC[C@@H]5C4)C(=O)N(C4CCC(=O)NC4=O)C7)C3)nc2)N1CC(F)F. The summed E-state index contributed by atoms with van der Waals surface area (Å²) in [6, 6.07) is 11.1. The summed E-state index contributed by atoms with van der Waals surface area (Å²) in [5.74, 6) is 1.01. The Morgan fingerprint density at radius 2 is 1.84 bits per heavy atom. The van der Waals surface area contributed by atoms with E-state index in [1.807, 2.05) is 48.5 Å². The number of imide groups is 1. The minimum absolute atomic E-state index is 0.0615. The van der Waals surface area contributed by atoms with E-state index in [9.17, 15) is 23.2 Å². The summed E-state index contributed by atoms with van der Waals surface area (Å²) in [5, 5.41) is 3.51. The number of ether oxygens (including phenoxy) is 1. The highest BCUT2D eigenvalue weighted by molar-refractivity contribution is 6.06. The number of piperidine rings is 1. The topological polar surface area (TPSA) is 130 Å². The Morgan fingerprint density at radius 3 is 2.64 bits per heavy atom. The Labute approximate surface area is 323 Å². The van der Waals surface area contributed by atoms with Crippen molar-refractivity contribution in [2.75, 3.05) is 62.2 Å². The minimum atomic E-state index is -2.45. The van der Waals surface area contributed by atoms with Crippen LogP contribution in [0.4, 0.5) is 20.4 Å². The van der Waals surface area contributed by atoms with Crippen LogP contribution in [0.5, 0.6) is 5.75 Å². The molecular formula is C41H45F2N9O4. The molecule has 6 aliphatic heterocycles. The number of hydrogen-bond donors (Lipinski definition) is 2. The molecule has 15 heteroatoms. The van der Waals surface area contributed by atoms with Gasteiger partial charge in [-0.15, -0.1) is 0 Å². The Morgan fingerprint density at radius 1 is 1.02 bits per heavy atom. The number of carbonyl (C=O) groups excluding carboxylic acids is 3. The lowest BCUT2D eigenvalue weighted by Gasteiger charge is -2.46. The molecule has 56 heavy (non-hydrogen) atoms. The molecule has 0 radical (unpaired) electrons. The van der Waals surface area contributed by atoms with Gasteiger partial charge in [0.15, 0.2) is 0 Å². The van der Waals surface area contributed by atoms with Gasteiger partial charge in [-0.05, 0) is 68.0 Å². The van der Waals surface area contributed by atoms with E-state index in [2.05, 4.69) is 37.1 Å². The Bertz CT molecular complexity index is 2210. The Kier molecular flexibility index (Phi) is 8.69. The fourth-order valence-electron chi connectivity index (χ4n) is 9.92. The molecule has 10 rings (SSSR count). The van der Waals surface area contributed by atoms with Crippen LogP contribution in [0.2, 0.25) is 0 Å². The van der Waals surface area contributed by atoms with Crippen LogP contribution in [0.25, 0.3) is 10.9 Å². The summed E-state index contributed by atoms with van der Waals surface area (Å²) in [4.78, 5) is 61.2. The highest BCUT2D eigenvalue weighted by atomic mass is 19.3. The molecular weight excluding hydrogens is 721 g/mol. The molecule has 3 fully saturated rings. The maximum absolute atomic E-state index is 13.8. The smallest absolute Gasteiger partial charge is 0.255 e. The number of amides is 3. The highest BCUT2D eigenvalue weighted by Crippen LogP contribution is 2.43. The van der Waals surface area contributed by atoms with Gasteiger partial charge in [0.2, 0.25) is 17.8 Å². The average Bonchev–Trinajstić information content (AvgIpc) is 3.70. The number of halogens is 2. The molecule has 6 aliphatic rings. The summed E-state index contributed by atoms with van der Waals surface area (Å²) in [7, 11) is 0. The zero-order chi connectivity index (χ0) is 38.2. The molecule has 2 aromatic carbocycles. The predicted octanol–water partition coefficient (Wildman–Crippen LogP) is 3.73. The first kappa shape index (κ1) is 35.3. The van der Waals surface area contributed by atoms with Crippen LogP contribution in [0.15, 0.2) is 48.8 Å². The van der Waals surface area contributed by atoms with Crippen LogP contribution in [-0.2, 0) is 22.6 Å².